The molecule has 0 saturated carbocycles. The zero-order valence-corrected chi connectivity index (χ0v) is 20.3. The van der Waals surface area contributed by atoms with Crippen molar-refractivity contribution in [2.75, 3.05) is 19.3 Å². The molecular formula is C23H38N2O4S. The third-order valence-electron chi connectivity index (χ3n) is 5.71. The van der Waals surface area contributed by atoms with Gasteiger partial charge in [-0.2, -0.15) is 0 Å². The molecule has 1 aromatic rings. The van der Waals surface area contributed by atoms with Crippen molar-refractivity contribution in [3.63, 3.8) is 0 Å². The quantitative estimate of drug-likeness (QED) is 0.737. The van der Waals surface area contributed by atoms with Gasteiger partial charge in [0.2, 0.25) is 15.9 Å². The highest BCUT2D eigenvalue weighted by atomic mass is 32.2. The van der Waals surface area contributed by atoms with Gasteiger partial charge < -0.3 is 10.4 Å². The number of piperidine rings is 1. The van der Waals surface area contributed by atoms with E-state index in [-0.39, 0.29) is 22.8 Å². The van der Waals surface area contributed by atoms with Crippen molar-refractivity contribution in [1.82, 2.24) is 9.62 Å². The number of benzene rings is 1. The summed E-state index contributed by atoms with van der Waals surface area (Å²) in [5.41, 5.74) is 2.45. The maximum Gasteiger partial charge on any atom is 0.220 e. The van der Waals surface area contributed by atoms with Crippen LogP contribution in [0.1, 0.15) is 77.5 Å². The Morgan fingerprint density at radius 1 is 1.07 bits per heavy atom. The number of aromatic hydroxyl groups is 1. The summed E-state index contributed by atoms with van der Waals surface area (Å²) >= 11 is 0. The molecule has 0 radical (unpaired) electrons. The smallest absolute Gasteiger partial charge is 0.220 e. The molecule has 2 N–H and O–H groups in total. The Morgan fingerprint density at radius 2 is 1.53 bits per heavy atom. The molecule has 170 valence electrons. The maximum absolute atomic E-state index is 12.5. The van der Waals surface area contributed by atoms with Gasteiger partial charge in [-0.05, 0) is 46.8 Å². The van der Waals surface area contributed by atoms with Gasteiger partial charge in [0.05, 0.1) is 6.26 Å². The van der Waals surface area contributed by atoms with Crippen LogP contribution in [0, 0.1) is 0 Å². The normalized spacial score (nSPS) is 17.2. The van der Waals surface area contributed by atoms with Crippen molar-refractivity contribution in [2.45, 2.75) is 84.1 Å². The van der Waals surface area contributed by atoms with E-state index in [2.05, 4.69) is 46.9 Å². The highest BCUT2D eigenvalue weighted by Gasteiger charge is 2.27. The molecule has 1 aliphatic rings. The standard InChI is InChI=1S/C23H38N2O4S/c1-22(2,3)18-14-16(15-19(21(18)27)23(4,5)6)8-9-20(26)24-17-10-12-25(13-11-17)30(7,28)29/h14-15,17,27H,8-13H2,1-7H3,(H,24,26). The first kappa shape index (κ1) is 24.7. The van der Waals surface area contributed by atoms with E-state index < -0.39 is 10.0 Å². The van der Waals surface area contributed by atoms with Crippen LogP contribution in [0.25, 0.3) is 0 Å². The first-order chi connectivity index (χ1) is 13.6. The van der Waals surface area contributed by atoms with Gasteiger partial charge in [0, 0.05) is 25.6 Å². The number of nitrogens with one attached hydrogen (secondary N) is 1. The van der Waals surface area contributed by atoms with E-state index in [0.717, 1.165) is 16.7 Å². The van der Waals surface area contributed by atoms with Crippen LogP contribution in [0.5, 0.6) is 5.75 Å². The third kappa shape index (κ3) is 6.45. The molecule has 1 heterocycles. The molecule has 0 aliphatic carbocycles. The van der Waals surface area contributed by atoms with Gasteiger partial charge in [0.15, 0.2) is 0 Å². The fourth-order valence-corrected chi connectivity index (χ4v) is 4.75. The van der Waals surface area contributed by atoms with Crippen LogP contribution in [0.4, 0.5) is 0 Å². The molecule has 0 spiro atoms. The highest BCUT2D eigenvalue weighted by Crippen LogP contribution is 2.40. The number of nitrogens with zero attached hydrogens (tertiary/aromatic N) is 1. The molecule has 1 aromatic carbocycles. The Bertz CT molecular complexity index is 836. The molecule has 6 nitrogen and oxygen atoms in total. The van der Waals surface area contributed by atoms with Gasteiger partial charge >= 0.3 is 0 Å². The number of rotatable bonds is 5. The van der Waals surface area contributed by atoms with Gasteiger partial charge in [-0.3, -0.25) is 4.79 Å². The van der Waals surface area contributed by atoms with Crippen LogP contribution in [-0.4, -0.2) is 49.1 Å². The van der Waals surface area contributed by atoms with E-state index in [1.165, 1.54) is 10.6 Å². The molecule has 2 rings (SSSR count). The Morgan fingerprint density at radius 3 is 1.93 bits per heavy atom. The predicted octanol–water partition coefficient (Wildman–Crippen LogP) is 3.46. The third-order valence-corrected chi connectivity index (χ3v) is 7.02. The maximum atomic E-state index is 12.5. The second kappa shape index (κ2) is 8.87. The molecule has 1 fully saturated rings. The Balaban J connectivity index is 2.04. The fraction of sp³-hybridized carbons (Fsp3) is 0.696. The summed E-state index contributed by atoms with van der Waals surface area (Å²) in [4.78, 5) is 12.5. The molecule has 0 atom stereocenters. The average Bonchev–Trinajstić information content (AvgIpc) is 2.58. The minimum atomic E-state index is -3.16. The number of hydrogen-bond acceptors (Lipinski definition) is 4. The van der Waals surface area contributed by atoms with Crippen LogP contribution in [-0.2, 0) is 32.1 Å². The number of hydrogen-bond donors (Lipinski definition) is 2. The molecule has 0 bridgehead atoms. The summed E-state index contributed by atoms with van der Waals surface area (Å²) in [6.45, 7) is 13.4. The number of phenolic OH excluding ortho intramolecular Hbond substituents is 1. The van der Waals surface area contributed by atoms with Gasteiger partial charge in [-0.15, -0.1) is 0 Å². The number of amides is 1. The zero-order chi connectivity index (χ0) is 22.9. The van der Waals surface area contributed by atoms with Crippen molar-refractivity contribution >= 4 is 15.9 Å². The number of aryl methyl sites for hydroxylation is 1. The molecule has 1 amide bonds. The topological polar surface area (TPSA) is 86.7 Å². The summed E-state index contributed by atoms with van der Waals surface area (Å²) in [5, 5.41) is 13.9. The van der Waals surface area contributed by atoms with Crippen LogP contribution in [0.3, 0.4) is 0 Å². The van der Waals surface area contributed by atoms with Crippen molar-refractivity contribution < 1.29 is 18.3 Å². The predicted molar refractivity (Wildman–Crippen MR) is 121 cm³/mol. The zero-order valence-electron chi connectivity index (χ0n) is 19.5. The second-order valence-electron chi connectivity index (χ2n) is 10.5. The first-order valence-electron chi connectivity index (χ1n) is 10.7. The van der Waals surface area contributed by atoms with Crippen LogP contribution >= 0.6 is 0 Å². The summed E-state index contributed by atoms with van der Waals surface area (Å²) in [6, 6.07) is 4.05. The Labute approximate surface area is 182 Å². The molecule has 1 aliphatic heterocycles. The van der Waals surface area contributed by atoms with Gasteiger partial charge in [-0.1, -0.05) is 53.7 Å². The minimum Gasteiger partial charge on any atom is -0.507 e. The number of sulfonamides is 1. The molecular weight excluding hydrogens is 400 g/mol. The van der Waals surface area contributed by atoms with Crippen molar-refractivity contribution in [3.8, 4) is 5.75 Å². The molecule has 7 heteroatoms. The van der Waals surface area contributed by atoms with Gasteiger partial charge in [0.1, 0.15) is 5.75 Å². The van der Waals surface area contributed by atoms with Crippen LogP contribution in [0.15, 0.2) is 12.1 Å². The fourth-order valence-electron chi connectivity index (χ4n) is 3.87. The van der Waals surface area contributed by atoms with Crippen molar-refractivity contribution in [1.29, 1.82) is 0 Å². The van der Waals surface area contributed by atoms with Crippen molar-refractivity contribution in [3.05, 3.63) is 28.8 Å². The SMILES string of the molecule is CC(C)(C)c1cc(CCC(=O)NC2CCN(S(C)(=O)=O)CC2)cc(C(C)(C)C)c1O. The first-order valence-corrected chi connectivity index (χ1v) is 12.5. The highest BCUT2D eigenvalue weighted by molar-refractivity contribution is 7.88. The molecule has 0 unspecified atom stereocenters. The number of carbonyl (C=O) groups is 1. The lowest BCUT2D eigenvalue weighted by molar-refractivity contribution is -0.122. The lowest BCUT2D eigenvalue weighted by Gasteiger charge is -2.30. The summed E-state index contributed by atoms with van der Waals surface area (Å²) in [6.07, 6.45) is 3.46. The molecule has 0 aromatic heterocycles. The minimum absolute atomic E-state index is 0.0181. The monoisotopic (exact) mass is 438 g/mol. The van der Waals surface area contributed by atoms with E-state index in [0.29, 0.717) is 44.5 Å². The van der Waals surface area contributed by atoms with E-state index >= 15 is 0 Å². The van der Waals surface area contributed by atoms with E-state index in [9.17, 15) is 18.3 Å². The van der Waals surface area contributed by atoms with E-state index in [4.69, 9.17) is 0 Å². The average molecular weight is 439 g/mol. The number of phenols is 1. The molecule has 1 saturated heterocycles. The lowest BCUT2D eigenvalue weighted by Crippen LogP contribution is -2.46. The van der Waals surface area contributed by atoms with Crippen LogP contribution in [0.2, 0.25) is 0 Å². The van der Waals surface area contributed by atoms with E-state index in [1.807, 2.05) is 12.1 Å². The molecule has 30 heavy (non-hydrogen) atoms. The Kier molecular flexibility index (Phi) is 7.29. The largest absolute Gasteiger partial charge is 0.507 e. The van der Waals surface area contributed by atoms with E-state index in [1.54, 1.807) is 0 Å². The summed E-state index contributed by atoms with van der Waals surface area (Å²) in [5.74, 6) is 0.330. The van der Waals surface area contributed by atoms with Gasteiger partial charge in [-0.25, -0.2) is 12.7 Å². The lowest BCUT2D eigenvalue weighted by atomic mass is 9.78. The summed E-state index contributed by atoms with van der Waals surface area (Å²) < 4.78 is 24.7. The van der Waals surface area contributed by atoms with Crippen molar-refractivity contribution in [2.24, 2.45) is 0 Å². The second-order valence-corrected chi connectivity index (χ2v) is 12.5. The van der Waals surface area contributed by atoms with Crippen LogP contribution < -0.4 is 5.32 Å². The Hall–Kier alpha value is -1.60. The van der Waals surface area contributed by atoms with Gasteiger partial charge in [0.25, 0.3) is 0 Å². The summed E-state index contributed by atoms with van der Waals surface area (Å²) in [7, 11) is -3.16. The number of carbonyl (C=O) groups excluding carboxylic acids is 1.